The molecule has 0 saturated carbocycles. The van der Waals surface area contributed by atoms with Crippen molar-refractivity contribution in [3.63, 3.8) is 0 Å². The lowest BCUT2D eigenvalue weighted by atomic mass is 10.4. The fourth-order valence-corrected chi connectivity index (χ4v) is 0.965. The Bertz CT molecular complexity index is 287. The molecule has 0 bridgehead atoms. The van der Waals surface area contributed by atoms with Crippen molar-refractivity contribution >= 4 is 6.41 Å². The topological polar surface area (TPSA) is 57.2 Å². The van der Waals surface area contributed by atoms with E-state index >= 15 is 0 Å². The monoisotopic (exact) mass is 178 g/mol. The summed E-state index contributed by atoms with van der Waals surface area (Å²) in [6, 6.07) is 5.54. The Morgan fingerprint density at radius 2 is 2.54 bits per heavy atom. The lowest BCUT2D eigenvalue weighted by molar-refractivity contribution is -0.118. The average molecular weight is 178 g/mol. The van der Waals surface area contributed by atoms with Gasteiger partial charge in [0, 0.05) is 6.54 Å². The van der Waals surface area contributed by atoms with Gasteiger partial charge in [0.2, 0.25) is 6.41 Å². The molecule has 0 atom stereocenters. The first kappa shape index (κ1) is 9.33. The first-order chi connectivity index (χ1) is 6.36. The van der Waals surface area contributed by atoms with Gasteiger partial charge in [0.15, 0.2) is 0 Å². The van der Waals surface area contributed by atoms with Gasteiger partial charge in [0.25, 0.3) is 0 Å². The van der Waals surface area contributed by atoms with Crippen LogP contribution in [-0.2, 0) is 11.3 Å². The molecule has 13 heavy (non-hydrogen) atoms. The van der Waals surface area contributed by atoms with Gasteiger partial charge in [-0.3, -0.25) is 4.79 Å². The molecule has 4 heteroatoms. The zero-order chi connectivity index (χ0) is 9.52. The number of nitrogens with zero attached hydrogens (tertiary/aromatic N) is 2. The fraction of sp³-hybridized carbons (Fsp3) is 0.333. The molecule has 0 fully saturated rings. The van der Waals surface area contributed by atoms with Gasteiger partial charge in [0.1, 0.15) is 5.76 Å². The third-order valence-electron chi connectivity index (χ3n) is 1.60. The van der Waals surface area contributed by atoms with Crippen LogP contribution in [0.25, 0.3) is 0 Å². The van der Waals surface area contributed by atoms with Gasteiger partial charge < -0.3 is 9.32 Å². The summed E-state index contributed by atoms with van der Waals surface area (Å²) in [6.07, 6.45) is 2.63. The Morgan fingerprint density at radius 1 is 1.69 bits per heavy atom. The zero-order valence-electron chi connectivity index (χ0n) is 7.14. The number of hydrogen-bond donors (Lipinski definition) is 0. The van der Waals surface area contributed by atoms with Gasteiger partial charge in [-0.2, -0.15) is 5.26 Å². The Labute approximate surface area is 76.4 Å². The van der Waals surface area contributed by atoms with Crippen LogP contribution in [0, 0.1) is 11.3 Å². The van der Waals surface area contributed by atoms with E-state index in [9.17, 15) is 4.79 Å². The summed E-state index contributed by atoms with van der Waals surface area (Å²) in [7, 11) is 0. The molecule has 1 aromatic rings. The van der Waals surface area contributed by atoms with Crippen molar-refractivity contribution in [2.24, 2.45) is 0 Å². The van der Waals surface area contributed by atoms with E-state index in [1.54, 1.807) is 18.4 Å². The molecule has 68 valence electrons. The van der Waals surface area contributed by atoms with Crippen LogP contribution in [0.4, 0.5) is 0 Å². The first-order valence-electron chi connectivity index (χ1n) is 3.95. The van der Waals surface area contributed by atoms with Crippen LogP contribution in [0.5, 0.6) is 0 Å². The number of carbonyl (C=O) groups excluding carboxylic acids is 1. The van der Waals surface area contributed by atoms with Gasteiger partial charge in [-0.15, -0.1) is 0 Å². The van der Waals surface area contributed by atoms with Crippen LogP contribution in [0.1, 0.15) is 12.2 Å². The van der Waals surface area contributed by atoms with Crippen LogP contribution in [-0.4, -0.2) is 17.9 Å². The lowest BCUT2D eigenvalue weighted by Crippen LogP contribution is -2.21. The van der Waals surface area contributed by atoms with Crippen LogP contribution in [0.2, 0.25) is 0 Å². The average Bonchev–Trinajstić information content (AvgIpc) is 2.64. The smallest absolute Gasteiger partial charge is 0.210 e. The number of nitriles is 1. The minimum atomic E-state index is 0.347. The van der Waals surface area contributed by atoms with Gasteiger partial charge in [-0.1, -0.05) is 0 Å². The number of hydrogen-bond acceptors (Lipinski definition) is 3. The van der Waals surface area contributed by atoms with Crippen molar-refractivity contribution in [2.45, 2.75) is 13.0 Å². The maximum absolute atomic E-state index is 10.5. The van der Waals surface area contributed by atoms with Gasteiger partial charge >= 0.3 is 0 Å². The number of furan rings is 1. The molecule has 4 nitrogen and oxygen atoms in total. The number of amides is 1. The van der Waals surface area contributed by atoms with Gasteiger partial charge in [0.05, 0.1) is 25.3 Å². The molecule has 0 aliphatic rings. The summed E-state index contributed by atoms with van der Waals surface area (Å²) >= 11 is 0. The van der Waals surface area contributed by atoms with Crippen LogP contribution in [0.3, 0.4) is 0 Å². The second-order valence-corrected chi connectivity index (χ2v) is 2.56. The van der Waals surface area contributed by atoms with E-state index in [0.717, 1.165) is 12.2 Å². The maximum Gasteiger partial charge on any atom is 0.210 e. The standard InChI is InChI=1S/C9H10N2O2/c10-4-2-5-11(8-12)7-9-3-1-6-13-9/h1,3,6,8H,2,5,7H2. The summed E-state index contributed by atoms with van der Waals surface area (Å²) in [5.74, 6) is 0.727. The summed E-state index contributed by atoms with van der Waals surface area (Å²) in [6.45, 7) is 0.874. The molecule has 1 amide bonds. The quantitative estimate of drug-likeness (QED) is 0.635. The van der Waals surface area contributed by atoms with Crippen LogP contribution >= 0.6 is 0 Å². The predicted octanol–water partition coefficient (Wildman–Crippen LogP) is 1.15. The summed E-state index contributed by atoms with van der Waals surface area (Å²) in [5.41, 5.74) is 0. The zero-order valence-corrected chi connectivity index (χ0v) is 7.14. The predicted molar refractivity (Wildman–Crippen MR) is 45.4 cm³/mol. The van der Waals surface area contributed by atoms with Gasteiger partial charge in [-0.05, 0) is 12.1 Å². The van der Waals surface area contributed by atoms with E-state index in [4.69, 9.17) is 9.68 Å². The molecule has 1 aromatic heterocycles. The Morgan fingerprint density at radius 3 is 3.08 bits per heavy atom. The van der Waals surface area contributed by atoms with Crippen molar-refractivity contribution in [3.05, 3.63) is 24.2 Å². The van der Waals surface area contributed by atoms with E-state index in [1.165, 1.54) is 4.90 Å². The molecule has 0 spiro atoms. The lowest BCUT2D eigenvalue weighted by Gasteiger charge is -2.12. The molecule has 0 N–H and O–H groups in total. The molecule has 0 saturated heterocycles. The Balaban J connectivity index is 2.41. The third-order valence-corrected chi connectivity index (χ3v) is 1.60. The van der Waals surface area contributed by atoms with E-state index in [0.29, 0.717) is 19.5 Å². The van der Waals surface area contributed by atoms with Gasteiger partial charge in [-0.25, -0.2) is 0 Å². The molecule has 1 heterocycles. The Kier molecular flexibility index (Phi) is 3.58. The molecule has 0 aliphatic carbocycles. The van der Waals surface area contributed by atoms with Crippen molar-refractivity contribution in [2.75, 3.05) is 6.54 Å². The molecule has 0 unspecified atom stereocenters. The second-order valence-electron chi connectivity index (χ2n) is 2.56. The second kappa shape index (κ2) is 4.99. The molecule has 0 radical (unpaired) electrons. The van der Waals surface area contributed by atoms with Crippen molar-refractivity contribution < 1.29 is 9.21 Å². The maximum atomic E-state index is 10.5. The van der Waals surface area contributed by atoms with E-state index in [-0.39, 0.29) is 0 Å². The highest BCUT2D eigenvalue weighted by Crippen LogP contribution is 2.03. The first-order valence-corrected chi connectivity index (χ1v) is 3.95. The fourth-order valence-electron chi connectivity index (χ4n) is 0.965. The van der Waals surface area contributed by atoms with E-state index < -0.39 is 0 Å². The highest BCUT2D eigenvalue weighted by Gasteiger charge is 2.03. The third kappa shape index (κ3) is 2.99. The van der Waals surface area contributed by atoms with Crippen LogP contribution < -0.4 is 0 Å². The molecule has 1 rings (SSSR count). The van der Waals surface area contributed by atoms with E-state index in [2.05, 4.69) is 0 Å². The largest absolute Gasteiger partial charge is 0.467 e. The molecule has 0 aliphatic heterocycles. The number of rotatable bonds is 5. The molecule has 0 aromatic carbocycles. The summed E-state index contributed by atoms with van der Waals surface area (Å²) < 4.78 is 5.06. The van der Waals surface area contributed by atoms with Crippen molar-refractivity contribution in [3.8, 4) is 6.07 Å². The molecular formula is C9H10N2O2. The summed E-state index contributed by atoms with van der Waals surface area (Å²) in [5, 5.41) is 8.32. The number of carbonyl (C=O) groups is 1. The normalized spacial score (nSPS) is 9.15. The molecular weight excluding hydrogens is 168 g/mol. The highest BCUT2D eigenvalue weighted by molar-refractivity contribution is 5.47. The van der Waals surface area contributed by atoms with Crippen LogP contribution in [0.15, 0.2) is 22.8 Å². The van der Waals surface area contributed by atoms with Crippen molar-refractivity contribution in [1.29, 1.82) is 5.26 Å². The minimum absolute atomic E-state index is 0.347. The SMILES string of the molecule is N#CCCN(C=O)Cc1ccco1. The highest BCUT2D eigenvalue weighted by atomic mass is 16.3. The van der Waals surface area contributed by atoms with E-state index in [1.807, 2.05) is 6.07 Å². The van der Waals surface area contributed by atoms with Crippen molar-refractivity contribution in [1.82, 2.24) is 4.90 Å². The minimum Gasteiger partial charge on any atom is -0.467 e. The Hall–Kier alpha value is -1.76. The summed E-state index contributed by atoms with van der Waals surface area (Å²) in [4.78, 5) is 12.0.